The fourth-order valence-electron chi connectivity index (χ4n) is 8.89. The minimum Gasteiger partial charge on any atom is -0.454 e. The Hall–Kier alpha value is -5.86. The molecule has 0 radical (unpaired) electrons. The fourth-order valence-corrected chi connectivity index (χ4v) is 8.89. The Kier molecular flexibility index (Phi) is 6.77. The lowest BCUT2D eigenvalue weighted by Gasteiger charge is -2.27. The topological polar surface area (TPSA) is 16.4 Å². The zero-order chi connectivity index (χ0) is 33.1. The standard InChI is InChI=1S/C48H37NO/c1-2-12-33(13-3-1)34-20-25-37(26-21-34)49(45-18-8-5-16-42-41-15-6-9-19-46(41)50-47(42)45)38-27-22-35(23-28-38)36-24-29-40-39-14-4-7-17-43(39)48(44(40)32-36)30-10-11-31-48/h1-4,6-9,12-29,32H,5,10-11,30-31H2. The van der Waals surface area contributed by atoms with Crippen LogP contribution in [0.4, 0.5) is 11.4 Å². The molecule has 2 nitrogen and oxygen atoms in total. The summed E-state index contributed by atoms with van der Waals surface area (Å²) in [6.07, 6.45) is 12.7. The van der Waals surface area contributed by atoms with Gasteiger partial charge in [-0.05, 0) is 106 Å². The predicted molar refractivity (Wildman–Crippen MR) is 208 cm³/mol. The van der Waals surface area contributed by atoms with Crippen LogP contribution in [0.15, 0.2) is 162 Å². The van der Waals surface area contributed by atoms with E-state index in [4.69, 9.17) is 4.42 Å². The second kappa shape index (κ2) is 11.6. The van der Waals surface area contributed by atoms with E-state index in [0.717, 1.165) is 45.1 Å². The van der Waals surface area contributed by atoms with Crippen molar-refractivity contribution < 1.29 is 4.42 Å². The van der Waals surface area contributed by atoms with Gasteiger partial charge < -0.3 is 9.32 Å². The van der Waals surface area contributed by atoms with E-state index in [1.54, 1.807) is 0 Å². The Morgan fingerprint density at radius 1 is 0.540 bits per heavy atom. The molecule has 6 aromatic carbocycles. The van der Waals surface area contributed by atoms with Gasteiger partial charge in [0.1, 0.15) is 5.58 Å². The summed E-state index contributed by atoms with van der Waals surface area (Å²) in [5, 5.41) is 2.31. The molecule has 0 amide bonds. The van der Waals surface area contributed by atoms with E-state index in [-0.39, 0.29) is 5.41 Å². The lowest BCUT2D eigenvalue weighted by atomic mass is 9.76. The summed E-state index contributed by atoms with van der Waals surface area (Å²) in [4.78, 5) is 2.35. The van der Waals surface area contributed by atoms with E-state index < -0.39 is 0 Å². The highest BCUT2D eigenvalue weighted by atomic mass is 16.3. The molecule has 240 valence electrons. The summed E-state index contributed by atoms with van der Waals surface area (Å²) in [5.74, 6) is 0. The second-order valence-electron chi connectivity index (χ2n) is 14.0. The number of hydrogen-bond donors (Lipinski definition) is 0. The van der Waals surface area contributed by atoms with Crippen molar-refractivity contribution >= 4 is 34.1 Å². The molecule has 0 aliphatic heterocycles. The summed E-state index contributed by atoms with van der Waals surface area (Å²) in [5.41, 5.74) is 16.0. The minimum atomic E-state index is 0.161. The van der Waals surface area contributed by atoms with Crippen LogP contribution in [-0.4, -0.2) is 0 Å². The number of fused-ring (bicyclic) bond motifs is 8. The first kappa shape index (κ1) is 29.1. The van der Waals surface area contributed by atoms with Gasteiger partial charge in [-0.25, -0.2) is 0 Å². The van der Waals surface area contributed by atoms with Gasteiger partial charge in [-0.15, -0.1) is 0 Å². The molecule has 0 saturated heterocycles. The van der Waals surface area contributed by atoms with E-state index in [2.05, 4.69) is 163 Å². The van der Waals surface area contributed by atoms with Crippen LogP contribution in [0.25, 0.3) is 56.1 Å². The van der Waals surface area contributed by atoms with Crippen molar-refractivity contribution in [2.75, 3.05) is 4.90 Å². The molecule has 10 rings (SSSR count). The average Bonchev–Trinajstić information content (AvgIpc) is 3.85. The van der Waals surface area contributed by atoms with Gasteiger partial charge in [-0.3, -0.25) is 0 Å². The maximum absolute atomic E-state index is 6.65. The molecule has 1 spiro atoms. The van der Waals surface area contributed by atoms with Gasteiger partial charge in [0.05, 0.1) is 5.70 Å². The van der Waals surface area contributed by atoms with Crippen LogP contribution in [-0.2, 0) is 5.41 Å². The summed E-state index contributed by atoms with van der Waals surface area (Å²) >= 11 is 0. The van der Waals surface area contributed by atoms with E-state index in [1.807, 2.05) is 6.07 Å². The van der Waals surface area contributed by atoms with Crippen molar-refractivity contribution in [1.29, 1.82) is 0 Å². The van der Waals surface area contributed by atoms with Crippen molar-refractivity contribution in [2.24, 2.45) is 0 Å². The molecule has 50 heavy (non-hydrogen) atoms. The van der Waals surface area contributed by atoms with Gasteiger partial charge in [-0.1, -0.05) is 134 Å². The quantitative estimate of drug-likeness (QED) is 0.186. The zero-order valence-corrected chi connectivity index (χ0v) is 28.0. The van der Waals surface area contributed by atoms with Crippen molar-refractivity contribution in [1.82, 2.24) is 0 Å². The molecule has 1 heterocycles. The van der Waals surface area contributed by atoms with E-state index in [1.165, 1.54) is 70.2 Å². The maximum Gasteiger partial charge on any atom is 0.159 e. The highest BCUT2D eigenvalue weighted by molar-refractivity contribution is 5.89. The molecule has 2 heteroatoms. The largest absolute Gasteiger partial charge is 0.454 e. The molecule has 0 unspecified atom stereocenters. The molecule has 1 saturated carbocycles. The first-order chi connectivity index (χ1) is 24.8. The van der Waals surface area contributed by atoms with Gasteiger partial charge in [-0.2, -0.15) is 0 Å². The Bertz CT molecular complexity index is 2550. The van der Waals surface area contributed by atoms with Crippen molar-refractivity contribution in [2.45, 2.75) is 37.5 Å². The van der Waals surface area contributed by atoms with Crippen LogP contribution in [0.5, 0.6) is 0 Å². The third kappa shape index (κ3) is 4.55. The number of para-hydroxylation sites is 1. The first-order valence-corrected chi connectivity index (χ1v) is 18.0. The lowest BCUT2D eigenvalue weighted by molar-refractivity contribution is 0.550. The van der Waals surface area contributed by atoms with E-state index in [0.29, 0.717) is 0 Å². The average molecular weight is 644 g/mol. The number of rotatable bonds is 5. The van der Waals surface area contributed by atoms with Gasteiger partial charge in [0.2, 0.25) is 0 Å². The highest BCUT2D eigenvalue weighted by Gasteiger charge is 2.44. The van der Waals surface area contributed by atoms with Gasteiger partial charge in [0, 0.05) is 27.4 Å². The zero-order valence-electron chi connectivity index (χ0n) is 28.0. The van der Waals surface area contributed by atoms with Crippen LogP contribution in [0, 0.1) is 0 Å². The first-order valence-electron chi connectivity index (χ1n) is 18.0. The van der Waals surface area contributed by atoms with E-state index in [9.17, 15) is 0 Å². The van der Waals surface area contributed by atoms with Gasteiger partial charge in [0.25, 0.3) is 0 Å². The number of anilines is 2. The van der Waals surface area contributed by atoms with Crippen molar-refractivity contribution in [3.8, 4) is 33.4 Å². The molecule has 0 bridgehead atoms. The smallest absolute Gasteiger partial charge is 0.159 e. The van der Waals surface area contributed by atoms with Crippen LogP contribution < -0.4 is 15.5 Å². The third-order valence-electron chi connectivity index (χ3n) is 11.3. The summed E-state index contributed by atoms with van der Waals surface area (Å²) in [7, 11) is 0. The molecule has 3 aliphatic rings. The number of nitrogens with zero attached hydrogens (tertiary/aromatic N) is 1. The Labute approximate surface area is 293 Å². The number of furan rings is 1. The Morgan fingerprint density at radius 2 is 1.16 bits per heavy atom. The highest BCUT2D eigenvalue weighted by Crippen LogP contribution is 2.57. The molecule has 0 N–H and O–H groups in total. The van der Waals surface area contributed by atoms with E-state index >= 15 is 0 Å². The Balaban J connectivity index is 1.10. The number of hydrogen-bond acceptors (Lipinski definition) is 2. The van der Waals surface area contributed by atoms with Crippen LogP contribution in [0.3, 0.4) is 0 Å². The second-order valence-corrected chi connectivity index (χ2v) is 14.0. The monoisotopic (exact) mass is 643 g/mol. The number of benzene rings is 6. The predicted octanol–water partition coefficient (Wildman–Crippen LogP) is 11.3. The molecule has 1 fully saturated rings. The normalized spacial score (nSPS) is 15.4. The molecule has 3 aliphatic carbocycles. The van der Waals surface area contributed by atoms with Crippen molar-refractivity contribution in [3.05, 3.63) is 180 Å². The van der Waals surface area contributed by atoms with Crippen LogP contribution >= 0.6 is 0 Å². The Morgan fingerprint density at radius 3 is 1.94 bits per heavy atom. The van der Waals surface area contributed by atoms with Crippen LogP contribution in [0.2, 0.25) is 0 Å². The number of allylic oxidation sites excluding steroid dienone is 1. The third-order valence-corrected chi connectivity index (χ3v) is 11.3. The minimum absolute atomic E-state index is 0.161. The van der Waals surface area contributed by atoms with Gasteiger partial charge in [0.15, 0.2) is 5.42 Å². The lowest BCUT2D eigenvalue weighted by Crippen LogP contribution is -2.29. The maximum atomic E-state index is 6.65. The summed E-state index contributed by atoms with van der Waals surface area (Å²) in [6, 6.07) is 53.3. The molecule has 1 aromatic heterocycles. The van der Waals surface area contributed by atoms with Gasteiger partial charge >= 0.3 is 0 Å². The summed E-state index contributed by atoms with van der Waals surface area (Å²) < 4.78 is 6.65. The molecule has 0 atom stereocenters. The summed E-state index contributed by atoms with van der Waals surface area (Å²) in [6.45, 7) is 0. The molecule has 7 aromatic rings. The SMILES string of the molecule is C1=CC(N(c2ccc(-c3ccccc3)cc2)c2ccc(-c3ccc4c(c3)C3(CCCC3)c3ccccc3-4)cc2)=c2oc3ccccc3c2=CC1. The fraction of sp³-hybridized carbons (Fsp3) is 0.125. The molecular weight excluding hydrogens is 607 g/mol. The van der Waals surface area contributed by atoms with Crippen LogP contribution in [0.1, 0.15) is 43.2 Å². The molecular formula is C48H37NO. The van der Waals surface area contributed by atoms with Crippen molar-refractivity contribution in [3.63, 3.8) is 0 Å².